The fourth-order valence-electron chi connectivity index (χ4n) is 3.57. The van der Waals surface area contributed by atoms with Crippen molar-refractivity contribution in [1.29, 1.82) is 0 Å². The van der Waals surface area contributed by atoms with Gasteiger partial charge in [-0.15, -0.1) is 0 Å². The van der Waals surface area contributed by atoms with Gasteiger partial charge in [-0.3, -0.25) is 0 Å². The summed E-state index contributed by atoms with van der Waals surface area (Å²) in [4.78, 5) is 8.28. The number of aryl methyl sites for hydroxylation is 2. The molecule has 0 spiro atoms. The van der Waals surface area contributed by atoms with E-state index in [9.17, 15) is 13.2 Å². The number of halogens is 5. The van der Waals surface area contributed by atoms with Crippen LogP contribution in [0.1, 0.15) is 44.0 Å². The Balaban J connectivity index is 1.72. The molecule has 3 aromatic heterocycles. The zero-order valence-electron chi connectivity index (χ0n) is 18.9. The highest BCUT2D eigenvalue weighted by atomic mass is 35.5. The Labute approximate surface area is 209 Å². The number of nitrogens with one attached hydrogen (secondary N) is 1. The molecule has 4 rings (SSSR count). The van der Waals surface area contributed by atoms with E-state index in [0.29, 0.717) is 34.5 Å². The quantitative estimate of drug-likeness (QED) is 0.236. The van der Waals surface area contributed by atoms with Crippen LogP contribution >= 0.6 is 23.2 Å². The van der Waals surface area contributed by atoms with Crippen LogP contribution in [0, 0.1) is 12.7 Å². The molecule has 35 heavy (non-hydrogen) atoms. The predicted octanol–water partition coefficient (Wildman–Crippen LogP) is 7.15. The minimum atomic E-state index is -2.84. The molecular weight excluding hydrogens is 502 g/mol. The summed E-state index contributed by atoms with van der Waals surface area (Å²) in [7, 11) is 0. The van der Waals surface area contributed by atoms with Crippen LogP contribution in [0.3, 0.4) is 0 Å². The van der Waals surface area contributed by atoms with E-state index in [2.05, 4.69) is 32.4 Å². The van der Waals surface area contributed by atoms with Crippen LogP contribution in [-0.4, -0.2) is 29.5 Å². The second kappa shape index (κ2) is 10.7. The van der Waals surface area contributed by atoms with Crippen molar-refractivity contribution in [3.63, 3.8) is 0 Å². The summed E-state index contributed by atoms with van der Waals surface area (Å²) in [5.74, 6) is 0.509. The third kappa shape index (κ3) is 5.28. The lowest BCUT2D eigenvalue weighted by molar-refractivity contribution is 0.142. The van der Waals surface area contributed by atoms with Crippen molar-refractivity contribution >= 4 is 34.8 Å². The first kappa shape index (κ1) is 25.0. The third-order valence-electron chi connectivity index (χ3n) is 5.33. The van der Waals surface area contributed by atoms with Crippen LogP contribution in [0.25, 0.3) is 17.1 Å². The van der Waals surface area contributed by atoms with Crippen LogP contribution in [-0.2, 0) is 6.54 Å². The average molecular weight is 524 g/mol. The van der Waals surface area contributed by atoms with Crippen LogP contribution < -0.4 is 5.32 Å². The Morgan fingerprint density at radius 1 is 1.03 bits per heavy atom. The molecule has 1 N–H and O–H groups in total. The van der Waals surface area contributed by atoms with Crippen molar-refractivity contribution in [2.75, 3.05) is 5.32 Å². The first-order valence-corrected chi connectivity index (χ1v) is 11.7. The van der Waals surface area contributed by atoms with Crippen molar-refractivity contribution in [1.82, 2.24) is 29.5 Å². The summed E-state index contributed by atoms with van der Waals surface area (Å²) in [5.41, 5.74) is 0.945. The molecule has 0 aliphatic carbocycles. The number of nitrogens with zero attached hydrogens (tertiary/aromatic N) is 6. The van der Waals surface area contributed by atoms with Crippen molar-refractivity contribution in [2.24, 2.45) is 0 Å². The van der Waals surface area contributed by atoms with Gasteiger partial charge in [0.2, 0.25) is 0 Å². The molecule has 0 amide bonds. The number of hydrogen-bond acceptors (Lipinski definition) is 5. The molecule has 0 bridgehead atoms. The summed E-state index contributed by atoms with van der Waals surface area (Å²) >= 11 is 12.7. The smallest absolute Gasteiger partial charge is 0.282 e. The molecule has 0 atom stereocenters. The lowest BCUT2D eigenvalue weighted by Gasteiger charge is -2.11. The van der Waals surface area contributed by atoms with Gasteiger partial charge in [0.05, 0.1) is 10.7 Å². The van der Waals surface area contributed by atoms with Gasteiger partial charge in [0.1, 0.15) is 40.2 Å². The molecule has 1 aromatic carbocycles. The number of alkyl halides is 2. The van der Waals surface area contributed by atoms with Crippen molar-refractivity contribution in [2.45, 2.75) is 46.1 Å². The summed E-state index contributed by atoms with van der Waals surface area (Å²) in [6, 6.07) is 7.34. The van der Waals surface area contributed by atoms with Crippen molar-refractivity contribution in [3.8, 4) is 17.1 Å². The van der Waals surface area contributed by atoms with E-state index >= 15 is 0 Å². The van der Waals surface area contributed by atoms with E-state index in [1.54, 1.807) is 16.8 Å². The summed E-state index contributed by atoms with van der Waals surface area (Å²) in [5, 5.41) is 12.1. The maximum Gasteiger partial charge on any atom is 0.282 e. The summed E-state index contributed by atoms with van der Waals surface area (Å²) in [6.07, 6.45) is 1.27. The first-order chi connectivity index (χ1) is 16.8. The number of anilines is 2. The molecule has 184 valence electrons. The lowest BCUT2D eigenvalue weighted by atomic mass is 10.1. The van der Waals surface area contributed by atoms with Gasteiger partial charge in [-0.05, 0) is 37.6 Å². The molecular formula is C23H22Cl2F3N7. The fraction of sp³-hybridized carbons (Fsp3) is 0.304. The minimum Gasteiger partial charge on any atom is -0.324 e. The van der Waals surface area contributed by atoms with Gasteiger partial charge < -0.3 is 5.32 Å². The van der Waals surface area contributed by atoms with Gasteiger partial charge in [-0.25, -0.2) is 32.5 Å². The van der Waals surface area contributed by atoms with Gasteiger partial charge in [-0.1, -0.05) is 43.0 Å². The van der Waals surface area contributed by atoms with Gasteiger partial charge in [0.25, 0.3) is 6.43 Å². The van der Waals surface area contributed by atoms with Crippen LogP contribution in [0.2, 0.25) is 10.0 Å². The van der Waals surface area contributed by atoms with Crippen LogP contribution in [0.4, 0.5) is 24.8 Å². The maximum atomic E-state index is 13.6. The molecule has 0 saturated heterocycles. The van der Waals surface area contributed by atoms with Crippen LogP contribution in [0.5, 0.6) is 0 Å². The molecule has 0 radical (unpaired) electrons. The normalized spacial score (nSPS) is 11.4. The standard InChI is InChI=1S/C23H22Cl2F3N7/c1-3-4-5-10-34-23(19(25)20(33-34)14-6-8-15(26)9-7-14)31-16-11-17(30-12-29-16)35-21(22(27)28)18(24)13(2)32-35/h6-9,11-12,22H,3-5,10H2,1-2H3,(H,29,30,31). The molecule has 0 unspecified atom stereocenters. The Morgan fingerprint density at radius 2 is 1.77 bits per heavy atom. The highest BCUT2D eigenvalue weighted by molar-refractivity contribution is 6.35. The van der Waals surface area contributed by atoms with E-state index in [1.807, 2.05) is 0 Å². The Kier molecular flexibility index (Phi) is 7.61. The highest BCUT2D eigenvalue weighted by Gasteiger charge is 2.24. The fourth-order valence-corrected chi connectivity index (χ4v) is 4.06. The number of benzene rings is 1. The Hall–Kier alpha value is -3.11. The van der Waals surface area contributed by atoms with Crippen LogP contribution in [0.15, 0.2) is 36.7 Å². The zero-order valence-corrected chi connectivity index (χ0v) is 20.5. The topological polar surface area (TPSA) is 73.5 Å². The second-order valence-corrected chi connectivity index (χ2v) is 8.59. The van der Waals surface area contributed by atoms with Gasteiger partial charge in [0, 0.05) is 18.2 Å². The monoisotopic (exact) mass is 523 g/mol. The zero-order chi connectivity index (χ0) is 25.1. The molecule has 7 nitrogen and oxygen atoms in total. The largest absolute Gasteiger partial charge is 0.324 e. The molecule has 0 fully saturated rings. The third-order valence-corrected chi connectivity index (χ3v) is 6.15. The Morgan fingerprint density at radius 3 is 2.46 bits per heavy atom. The molecule has 0 saturated carbocycles. The molecule has 0 aliphatic rings. The van der Waals surface area contributed by atoms with Crippen molar-refractivity contribution < 1.29 is 13.2 Å². The maximum absolute atomic E-state index is 13.6. The lowest BCUT2D eigenvalue weighted by Crippen LogP contribution is -2.09. The van der Waals surface area contributed by atoms with Gasteiger partial charge >= 0.3 is 0 Å². The Bertz CT molecular complexity index is 1320. The van der Waals surface area contributed by atoms with E-state index in [-0.39, 0.29) is 22.4 Å². The molecule has 12 heteroatoms. The minimum absolute atomic E-state index is 0.111. The summed E-state index contributed by atoms with van der Waals surface area (Å²) in [6.45, 7) is 4.22. The van der Waals surface area contributed by atoms with E-state index < -0.39 is 12.1 Å². The molecule has 4 aromatic rings. The van der Waals surface area contributed by atoms with Gasteiger partial charge in [0.15, 0.2) is 5.82 Å². The summed E-state index contributed by atoms with van der Waals surface area (Å²) < 4.78 is 43.4. The number of rotatable bonds is 9. The number of aromatic nitrogens is 6. The first-order valence-electron chi connectivity index (χ1n) is 10.9. The second-order valence-electron chi connectivity index (χ2n) is 7.83. The number of unbranched alkanes of at least 4 members (excludes halogenated alkanes) is 2. The molecule has 3 heterocycles. The molecule has 0 aliphatic heterocycles. The van der Waals surface area contributed by atoms with Crippen molar-refractivity contribution in [3.05, 3.63) is 63.9 Å². The van der Waals surface area contributed by atoms with E-state index in [4.69, 9.17) is 23.2 Å². The van der Waals surface area contributed by atoms with E-state index in [0.717, 1.165) is 23.9 Å². The SMILES string of the molecule is CCCCCn1nc(-c2ccc(F)cc2)c(Cl)c1Nc1cc(-n2nc(C)c(Cl)c2C(F)F)ncn1. The average Bonchev–Trinajstić information content (AvgIpc) is 3.31. The predicted molar refractivity (Wildman–Crippen MR) is 129 cm³/mol. The number of hydrogen-bond donors (Lipinski definition) is 1. The van der Waals surface area contributed by atoms with Gasteiger partial charge in [-0.2, -0.15) is 10.2 Å². The highest BCUT2D eigenvalue weighted by Crippen LogP contribution is 2.36. The van der Waals surface area contributed by atoms with E-state index in [1.165, 1.54) is 31.5 Å².